The van der Waals surface area contributed by atoms with Gasteiger partial charge in [-0.2, -0.15) is 5.10 Å². The topological polar surface area (TPSA) is 57.7 Å². The minimum Gasteiger partial charge on any atom is -0.356 e. The van der Waals surface area contributed by atoms with Gasteiger partial charge in [0.05, 0.1) is 0 Å². The van der Waals surface area contributed by atoms with Crippen LogP contribution in [0.1, 0.15) is 26.7 Å². The van der Waals surface area contributed by atoms with Crippen molar-refractivity contribution in [3.05, 3.63) is 36.3 Å². The Balaban J connectivity index is 1.70. The number of hydrogen-bond acceptors (Lipinski definition) is 4. The van der Waals surface area contributed by atoms with Crippen molar-refractivity contribution in [2.45, 2.75) is 26.7 Å². The number of nitrogens with zero attached hydrogens (tertiary/aromatic N) is 4. The lowest BCUT2D eigenvalue weighted by atomic mass is 9.94. The lowest BCUT2D eigenvalue weighted by Crippen LogP contribution is -2.21. The second-order valence-electron chi connectivity index (χ2n) is 6.90. The van der Waals surface area contributed by atoms with E-state index < -0.39 is 0 Å². The fourth-order valence-electron chi connectivity index (χ4n) is 3.78. The summed E-state index contributed by atoms with van der Waals surface area (Å²) >= 11 is 0. The number of anilines is 1. The van der Waals surface area contributed by atoms with E-state index in [-0.39, 0.29) is 11.5 Å². The Morgan fingerprint density at radius 2 is 2.12 bits per heavy atom. The summed E-state index contributed by atoms with van der Waals surface area (Å²) in [4.78, 5) is 11.1. The molecule has 0 spiro atoms. The molecule has 0 bridgehead atoms. The van der Waals surface area contributed by atoms with Crippen molar-refractivity contribution in [3.8, 4) is 11.4 Å². The Kier molecular flexibility index (Phi) is 4.11. The SMILES string of the molecule is CCC[C@H]1CN(c2ccc(F)c(-c3n[nH]c4ncccc34)n2)C[C@@H]1C. The standard InChI is InChI=1S/C19H22FN5/c1-3-5-13-11-25(10-12(13)2)16-8-7-15(20)18(22-16)17-14-6-4-9-21-19(14)24-23-17/h4,6-9,12-13H,3,5,10-11H2,1-2H3,(H,21,23,24)/t12-,13-/m0/s1. The summed E-state index contributed by atoms with van der Waals surface area (Å²) in [5, 5.41) is 7.88. The molecule has 1 fully saturated rings. The summed E-state index contributed by atoms with van der Waals surface area (Å²) in [5.74, 6) is 1.77. The number of aromatic amines is 1. The minimum absolute atomic E-state index is 0.281. The molecule has 0 amide bonds. The molecule has 0 saturated carbocycles. The van der Waals surface area contributed by atoms with Crippen LogP contribution in [0.25, 0.3) is 22.4 Å². The summed E-state index contributed by atoms with van der Waals surface area (Å²) in [6, 6.07) is 6.96. The molecular weight excluding hydrogens is 317 g/mol. The Morgan fingerprint density at radius 3 is 2.96 bits per heavy atom. The number of hydrogen-bond donors (Lipinski definition) is 1. The second-order valence-corrected chi connectivity index (χ2v) is 6.90. The summed E-state index contributed by atoms with van der Waals surface area (Å²) in [6.45, 7) is 6.46. The van der Waals surface area contributed by atoms with Gasteiger partial charge in [0, 0.05) is 24.7 Å². The van der Waals surface area contributed by atoms with Crippen molar-refractivity contribution >= 4 is 16.9 Å². The van der Waals surface area contributed by atoms with Crippen LogP contribution in [0.3, 0.4) is 0 Å². The molecule has 4 heterocycles. The molecule has 1 aliphatic heterocycles. The normalized spacial score (nSPS) is 20.5. The smallest absolute Gasteiger partial charge is 0.155 e. The first kappa shape index (κ1) is 16.0. The quantitative estimate of drug-likeness (QED) is 0.779. The molecule has 2 atom stereocenters. The maximum Gasteiger partial charge on any atom is 0.155 e. The van der Waals surface area contributed by atoms with E-state index in [4.69, 9.17) is 0 Å². The van der Waals surface area contributed by atoms with Crippen LogP contribution in [0.15, 0.2) is 30.5 Å². The number of H-pyrrole nitrogens is 1. The van der Waals surface area contributed by atoms with Crippen molar-refractivity contribution in [3.63, 3.8) is 0 Å². The zero-order valence-electron chi connectivity index (χ0n) is 14.5. The van der Waals surface area contributed by atoms with Gasteiger partial charge in [0.25, 0.3) is 0 Å². The van der Waals surface area contributed by atoms with Crippen LogP contribution in [0.2, 0.25) is 0 Å². The molecule has 3 aromatic heterocycles. The van der Waals surface area contributed by atoms with E-state index in [2.05, 4.69) is 38.9 Å². The van der Waals surface area contributed by atoms with Crippen LogP contribution in [-0.2, 0) is 0 Å². The summed E-state index contributed by atoms with van der Waals surface area (Å²) in [6.07, 6.45) is 4.10. The van der Waals surface area contributed by atoms with Gasteiger partial charge in [-0.25, -0.2) is 14.4 Å². The number of rotatable bonds is 4. The van der Waals surface area contributed by atoms with E-state index in [1.165, 1.54) is 18.9 Å². The van der Waals surface area contributed by atoms with E-state index in [0.29, 0.717) is 23.2 Å². The Bertz CT molecular complexity index is 890. The van der Waals surface area contributed by atoms with Gasteiger partial charge >= 0.3 is 0 Å². The van der Waals surface area contributed by atoms with Crippen LogP contribution in [0.5, 0.6) is 0 Å². The van der Waals surface area contributed by atoms with Crippen molar-refractivity contribution < 1.29 is 4.39 Å². The number of aromatic nitrogens is 4. The van der Waals surface area contributed by atoms with Crippen molar-refractivity contribution in [1.82, 2.24) is 20.2 Å². The highest BCUT2D eigenvalue weighted by molar-refractivity contribution is 5.89. The highest BCUT2D eigenvalue weighted by Gasteiger charge is 2.30. The van der Waals surface area contributed by atoms with Crippen LogP contribution in [0.4, 0.5) is 10.2 Å². The predicted molar refractivity (Wildman–Crippen MR) is 96.9 cm³/mol. The van der Waals surface area contributed by atoms with E-state index in [1.54, 1.807) is 12.3 Å². The number of halogens is 1. The highest BCUT2D eigenvalue weighted by atomic mass is 19.1. The van der Waals surface area contributed by atoms with Gasteiger partial charge in [0.2, 0.25) is 0 Å². The van der Waals surface area contributed by atoms with Crippen LogP contribution in [0, 0.1) is 17.7 Å². The molecule has 0 aliphatic carbocycles. The lowest BCUT2D eigenvalue weighted by molar-refractivity contribution is 0.418. The second kappa shape index (κ2) is 6.43. The van der Waals surface area contributed by atoms with Gasteiger partial charge in [0.15, 0.2) is 11.5 Å². The summed E-state index contributed by atoms with van der Waals surface area (Å²) in [7, 11) is 0. The lowest BCUT2D eigenvalue weighted by Gasteiger charge is -2.18. The van der Waals surface area contributed by atoms with Gasteiger partial charge in [-0.15, -0.1) is 0 Å². The fourth-order valence-corrected chi connectivity index (χ4v) is 3.78. The average molecular weight is 339 g/mol. The molecule has 130 valence electrons. The molecule has 1 N–H and O–H groups in total. The monoisotopic (exact) mass is 339 g/mol. The summed E-state index contributed by atoms with van der Waals surface area (Å²) in [5.41, 5.74) is 1.44. The first-order chi connectivity index (χ1) is 12.2. The molecule has 5 nitrogen and oxygen atoms in total. The Hall–Kier alpha value is -2.50. The van der Waals surface area contributed by atoms with E-state index in [1.807, 2.05) is 12.1 Å². The average Bonchev–Trinajstić information content (AvgIpc) is 3.20. The molecule has 0 unspecified atom stereocenters. The van der Waals surface area contributed by atoms with Gasteiger partial charge < -0.3 is 4.90 Å². The first-order valence-electron chi connectivity index (χ1n) is 8.88. The predicted octanol–water partition coefficient (Wildman–Crippen LogP) is 4.03. The molecule has 3 aromatic rings. The van der Waals surface area contributed by atoms with Crippen LogP contribution in [-0.4, -0.2) is 33.3 Å². The zero-order chi connectivity index (χ0) is 17.4. The number of fused-ring (bicyclic) bond motifs is 1. The number of pyridine rings is 2. The third-order valence-electron chi connectivity index (χ3n) is 5.14. The Labute approximate surface area is 146 Å². The Morgan fingerprint density at radius 1 is 1.24 bits per heavy atom. The number of nitrogens with one attached hydrogen (secondary N) is 1. The van der Waals surface area contributed by atoms with Gasteiger partial charge in [-0.3, -0.25) is 5.10 Å². The molecule has 6 heteroatoms. The third-order valence-corrected chi connectivity index (χ3v) is 5.14. The maximum atomic E-state index is 14.5. The van der Waals surface area contributed by atoms with Crippen molar-refractivity contribution in [2.24, 2.45) is 11.8 Å². The van der Waals surface area contributed by atoms with Crippen molar-refractivity contribution in [1.29, 1.82) is 0 Å². The van der Waals surface area contributed by atoms with Gasteiger partial charge in [-0.1, -0.05) is 20.3 Å². The molecule has 1 aliphatic rings. The largest absolute Gasteiger partial charge is 0.356 e. The van der Waals surface area contributed by atoms with Gasteiger partial charge in [-0.05, 0) is 42.5 Å². The first-order valence-corrected chi connectivity index (χ1v) is 8.88. The molecule has 1 saturated heterocycles. The third kappa shape index (κ3) is 2.86. The van der Waals surface area contributed by atoms with Crippen molar-refractivity contribution in [2.75, 3.05) is 18.0 Å². The minimum atomic E-state index is -0.363. The van der Waals surface area contributed by atoms with Crippen LogP contribution >= 0.6 is 0 Å². The van der Waals surface area contributed by atoms with E-state index >= 15 is 0 Å². The maximum absolute atomic E-state index is 14.5. The van der Waals surface area contributed by atoms with Gasteiger partial charge in [0.1, 0.15) is 17.2 Å². The fraction of sp³-hybridized carbons (Fsp3) is 0.421. The molecule has 4 rings (SSSR count). The van der Waals surface area contributed by atoms with E-state index in [9.17, 15) is 4.39 Å². The molecule has 0 radical (unpaired) electrons. The van der Waals surface area contributed by atoms with E-state index in [0.717, 1.165) is 24.3 Å². The molecule has 25 heavy (non-hydrogen) atoms. The molecule has 0 aromatic carbocycles. The highest BCUT2D eigenvalue weighted by Crippen LogP contribution is 2.32. The van der Waals surface area contributed by atoms with Crippen LogP contribution < -0.4 is 4.90 Å². The molecular formula is C19H22FN5. The zero-order valence-corrected chi connectivity index (χ0v) is 14.5. The summed E-state index contributed by atoms with van der Waals surface area (Å²) < 4.78 is 14.5.